The Bertz CT molecular complexity index is 1310. The minimum absolute atomic E-state index is 0.00317. The third kappa shape index (κ3) is 4.25. The van der Waals surface area contributed by atoms with E-state index < -0.39 is 29.5 Å². The summed E-state index contributed by atoms with van der Waals surface area (Å²) >= 11 is 0. The number of carbonyl (C=O) groups excluding carboxylic acids is 1. The molecule has 2 aliphatic heterocycles. The molecule has 7 nitrogen and oxygen atoms in total. The predicted octanol–water partition coefficient (Wildman–Crippen LogP) is 3.69. The number of fused-ring (bicyclic) bond motifs is 2. The van der Waals surface area contributed by atoms with Crippen LogP contribution in [0.15, 0.2) is 36.4 Å². The van der Waals surface area contributed by atoms with Gasteiger partial charge in [0, 0.05) is 35.0 Å². The molecule has 0 radical (unpaired) electrons. The van der Waals surface area contributed by atoms with Crippen LogP contribution in [0.5, 0.6) is 5.75 Å². The highest BCUT2D eigenvalue weighted by molar-refractivity contribution is 5.99. The lowest BCUT2D eigenvalue weighted by Gasteiger charge is -2.35. The van der Waals surface area contributed by atoms with E-state index in [4.69, 9.17) is 15.2 Å². The molecule has 0 saturated carbocycles. The van der Waals surface area contributed by atoms with E-state index in [0.29, 0.717) is 29.7 Å². The van der Waals surface area contributed by atoms with E-state index in [1.54, 1.807) is 0 Å². The molecule has 35 heavy (non-hydrogen) atoms. The largest absolute Gasteiger partial charge is 0.491 e. The molecule has 0 aliphatic carbocycles. The number of ether oxygens (including phenoxy) is 2. The van der Waals surface area contributed by atoms with Crippen molar-refractivity contribution in [3.8, 4) is 5.75 Å². The van der Waals surface area contributed by atoms with Crippen molar-refractivity contribution >= 4 is 22.6 Å². The minimum atomic E-state index is -4.53. The SMILES string of the molecule is Nc1nc2cc(F)c(C(=O)N(CC3COC3)C3COc4cc(C(F)(F)F)ccc43)cc2cc1CO. The maximum atomic E-state index is 15.1. The van der Waals surface area contributed by atoms with Gasteiger partial charge in [-0.3, -0.25) is 4.79 Å². The second-order valence-electron chi connectivity index (χ2n) is 8.65. The molecular weight excluding hydrogens is 470 g/mol. The number of aliphatic hydroxyl groups excluding tert-OH is 1. The number of carbonyl (C=O) groups is 1. The van der Waals surface area contributed by atoms with Crippen LogP contribution in [0.3, 0.4) is 0 Å². The zero-order chi connectivity index (χ0) is 24.9. The average molecular weight is 491 g/mol. The van der Waals surface area contributed by atoms with E-state index in [1.807, 2.05) is 0 Å². The Labute approximate surface area is 197 Å². The standard InChI is InChI=1S/C24H21F4N3O4/c25-18-6-19-13(3-14(8-32)22(29)30-19)4-17(18)23(33)31(7-12-9-34-10-12)20-11-35-21-5-15(24(26,27)28)1-2-16(20)21/h1-6,12,20,32H,7-11H2,(H2,29,30). The van der Waals surface area contributed by atoms with Crippen LogP contribution in [0.1, 0.15) is 33.1 Å². The summed E-state index contributed by atoms with van der Waals surface area (Å²) in [6.45, 7) is 0.616. The third-order valence-corrected chi connectivity index (χ3v) is 6.31. The number of aromatic nitrogens is 1. The lowest BCUT2D eigenvalue weighted by molar-refractivity contribution is -0.137. The van der Waals surface area contributed by atoms with Crippen LogP contribution >= 0.6 is 0 Å². The summed E-state index contributed by atoms with van der Waals surface area (Å²) in [5.41, 5.74) is 5.67. The van der Waals surface area contributed by atoms with Crippen molar-refractivity contribution in [3.05, 3.63) is 64.5 Å². The first kappa shape index (κ1) is 23.3. The number of amides is 1. The summed E-state index contributed by atoms with van der Waals surface area (Å²) in [4.78, 5) is 19.2. The monoisotopic (exact) mass is 491 g/mol. The summed E-state index contributed by atoms with van der Waals surface area (Å²) in [6.07, 6.45) is -4.53. The van der Waals surface area contributed by atoms with Crippen molar-refractivity contribution < 1.29 is 36.9 Å². The lowest BCUT2D eigenvalue weighted by atomic mass is 9.99. The first-order valence-electron chi connectivity index (χ1n) is 10.9. The second kappa shape index (κ2) is 8.65. The number of nitrogens with two attached hydrogens (primary N) is 1. The molecule has 1 fully saturated rings. The Kier molecular flexibility index (Phi) is 5.76. The fraction of sp³-hybridized carbons (Fsp3) is 0.333. The van der Waals surface area contributed by atoms with Gasteiger partial charge in [0.05, 0.1) is 42.5 Å². The quantitative estimate of drug-likeness (QED) is 0.529. The molecule has 2 aromatic carbocycles. The highest BCUT2D eigenvalue weighted by Gasteiger charge is 2.39. The molecule has 11 heteroatoms. The van der Waals surface area contributed by atoms with Gasteiger partial charge in [-0.25, -0.2) is 9.37 Å². The number of hydrogen-bond donors (Lipinski definition) is 2. The minimum Gasteiger partial charge on any atom is -0.491 e. The van der Waals surface area contributed by atoms with Gasteiger partial charge in [0.25, 0.3) is 5.91 Å². The molecule has 1 atom stereocenters. The van der Waals surface area contributed by atoms with E-state index in [0.717, 1.165) is 18.2 Å². The van der Waals surface area contributed by atoms with Gasteiger partial charge in [0.2, 0.25) is 0 Å². The Morgan fingerprint density at radius 1 is 1.17 bits per heavy atom. The highest BCUT2D eigenvalue weighted by Crippen LogP contribution is 2.41. The average Bonchev–Trinajstić information content (AvgIpc) is 3.20. The first-order chi connectivity index (χ1) is 16.7. The fourth-order valence-corrected chi connectivity index (χ4v) is 4.35. The number of alkyl halides is 3. The molecule has 0 spiro atoms. The van der Waals surface area contributed by atoms with Crippen LogP contribution in [-0.2, 0) is 17.5 Å². The number of nitrogens with zero attached hydrogens (tertiary/aromatic N) is 2. The van der Waals surface area contributed by atoms with Crippen LogP contribution in [0.2, 0.25) is 0 Å². The normalized spacial score (nSPS) is 17.7. The second-order valence-corrected chi connectivity index (χ2v) is 8.65. The topological polar surface area (TPSA) is 97.9 Å². The van der Waals surface area contributed by atoms with Gasteiger partial charge in [-0.15, -0.1) is 0 Å². The van der Waals surface area contributed by atoms with Gasteiger partial charge in [-0.2, -0.15) is 13.2 Å². The van der Waals surface area contributed by atoms with E-state index in [2.05, 4.69) is 4.98 Å². The van der Waals surface area contributed by atoms with Gasteiger partial charge in [-0.1, -0.05) is 6.07 Å². The zero-order valence-electron chi connectivity index (χ0n) is 18.3. The predicted molar refractivity (Wildman–Crippen MR) is 117 cm³/mol. The molecule has 1 unspecified atom stereocenters. The van der Waals surface area contributed by atoms with Gasteiger partial charge in [-0.05, 0) is 24.3 Å². The number of halogens is 4. The van der Waals surface area contributed by atoms with E-state index in [1.165, 1.54) is 23.1 Å². The molecule has 1 aromatic heterocycles. The van der Waals surface area contributed by atoms with Crippen LogP contribution < -0.4 is 10.5 Å². The molecule has 3 heterocycles. The van der Waals surface area contributed by atoms with Crippen LogP contribution in [-0.4, -0.2) is 47.3 Å². The Balaban J connectivity index is 1.53. The molecule has 184 valence electrons. The van der Waals surface area contributed by atoms with Crippen molar-refractivity contribution in [2.45, 2.75) is 18.8 Å². The van der Waals surface area contributed by atoms with Crippen LogP contribution in [0.4, 0.5) is 23.4 Å². The van der Waals surface area contributed by atoms with E-state index in [9.17, 15) is 23.1 Å². The molecule has 1 amide bonds. The molecular formula is C24H21F4N3O4. The van der Waals surface area contributed by atoms with Crippen molar-refractivity contribution in [1.82, 2.24) is 9.88 Å². The summed E-state index contributed by atoms with van der Waals surface area (Å²) in [7, 11) is 0. The van der Waals surface area contributed by atoms with Gasteiger partial charge >= 0.3 is 6.18 Å². The highest BCUT2D eigenvalue weighted by atomic mass is 19.4. The summed E-state index contributed by atoms with van der Waals surface area (Å²) in [5.74, 6) is -1.35. The maximum absolute atomic E-state index is 15.1. The molecule has 0 bridgehead atoms. The number of pyridine rings is 1. The van der Waals surface area contributed by atoms with Gasteiger partial charge in [0.15, 0.2) is 0 Å². The number of anilines is 1. The molecule has 5 rings (SSSR count). The van der Waals surface area contributed by atoms with Crippen LogP contribution in [0, 0.1) is 11.7 Å². The van der Waals surface area contributed by atoms with Crippen molar-refractivity contribution in [2.24, 2.45) is 5.92 Å². The summed E-state index contributed by atoms with van der Waals surface area (Å²) in [6, 6.07) is 6.42. The molecule has 3 aromatic rings. The smallest absolute Gasteiger partial charge is 0.416 e. The van der Waals surface area contributed by atoms with E-state index >= 15 is 4.39 Å². The summed E-state index contributed by atoms with van der Waals surface area (Å²) in [5, 5.41) is 9.89. The maximum Gasteiger partial charge on any atom is 0.416 e. The lowest BCUT2D eigenvalue weighted by Crippen LogP contribution is -2.44. The first-order valence-corrected chi connectivity index (χ1v) is 10.9. The van der Waals surface area contributed by atoms with Crippen molar-refractivity contribution in [1.29, 1.82) is 0 Å². The molecule has 3 N–H and O–H groups in total. The Morgan fingerprint density at radius 2 is 1.94 bits per heavy atom. The Morgan fingerprint density at radius 3 is 2.60 bits per heavy atom. The number of benzene rings is 2. The van der Waals surface area contributed by atoms with Gasteiger partial charge < -0.3 is 25.2 Å². The van der Waals surface area contributed by atoms with Crippen molar-refractivity contribution in [2.75, 3.05) is 32.1 Å². The number of hydrogen-bond acceptors (Lipinski definition) is 6. The summed E-state index contributed by atoms with van der Waals surface area (Å²) < 4.78 is 65.2. The molecule has 1 saturated heterocycles. The zero-order valence-corrected chi connectivity index (χ0v) is 18.3. The Hall–Kier alpha value is -3.44. The van der Waals surface area contributed by atoms with Crippen molar-refractivity contribution in [3.63, 3.8) is 0 Å². The fourth-order valence-electron chi connectivity index (χ4n) is 4.35. The number of nitrogen functional groups attached to an aromatic ring is 1. The number of aliphatic hydroxyl groups is 1. The van der Waals surface area contributed by atoms with Crippen LogP contribution in [0.25, 0.3) is 10.9 Å². The van der Waals surface area contributed by atoms with Gasteiger partial charge in [0.1, 0.15) is 24.0 Å². The number of rotatable bonds is 5. The van der Waals surface area contributed by atoms with E-state index in [-0.39, 0.29) is 48.3 Å². The third-order valence-electron chi connectivity index (χ3n) is 6.31. The molecule has 2 aliphatic rings.